The summed E-state index contributed by atoms with van der Waals surface area (Å²) in [6.07, 6.45) is 3.71. The summed E-state index contributed by atoms with van der Waals surface area (Å²) < 4.78 is 5.02. The average Bonchev–Trinajstić information content (AvgIpc) is 3.16. The average molecular weight is 767 g/mol. The van der Waals surface area contributed by atoms with Crippen molar-refractivity contribution in [2.75, 3.05) is 0 Å². The lowest BCUT2D eigenvalue weighted by Crippen LogP contribution is -2.38. The molecule has 174 valence electrons. The maximum atomic E-state index is 13.8. The Hall–Kier alpha value is -1.76. The van der Waals surface area contributed by atoms with Crippen molar-refractivity contribution >= 4 is 84.2 Å². The molecule has 2 heterocycles. The Morgan fingerprint density at radius 2 is 1.77 bits per heavy atom. The maximum Gasteiger partial charge on any atom is 0.271 e. The second-order valence-corrected chi connectivity index (χ2v) is 12.7. The third-order valence-corrected chi connectivity index (χ3v) is 9.55. The topological polar surface area (TPSA) is 54.6 Å². The van der Waals surface area contributed by atoms with Crippen LogP contribution >= 0.6 is 72.4 Å². The van der Waals surface area contributed by atoms with Gasteiger partial charge >= 0.3 is 0 Å². The Morgan fingerprint density at radius 3 is 2.51 bits per heavy atom. The molecule has 0 saturated carbocycles. The quantitative estimate of drug-likeness (QED) is 0.255. The van der Waals surface area contributed by atoms with Crippen molar-refractivity contribution in [3.63, 3.8) is 0 Å². The van der Waals surface area contributed by atoms with Crippen molar-refractivity contribution in [3.8, 4) is 5.75 Å². The Labute approximate surface area is 241 Å². The first-order valence-corrected chi connectivity index (χ1v) is 14.7. The molecule has 0 unspecified atom stereocenters. The summed E-state index contributed by atoms with van der Waals surface area (Å²) in [6, 6.07) is 20.3. The largest absolute Gasteiger partial charge is 0.506 e. The minimum atomic E-state index is -0.190. The molecule has 1 atom stereocenters. The SMILES string of the molecule is O=c1/c(=C\c2cc(I)c(O)c(I)c2)sc2n1[C@H](c1ccc(Br)cc1)C1=C(N=2)c2ccccc2CC1. The number of nitrogens with zero attached hydrogens (tertiary/aromatic N) is 2. The first kappa shape index (κ1) is 23.6. The molecule has 1 N–H and O–H groups in total. The van der Waals surface area contributed by atoms with E-state index >= 15 is 0 Å². The van der Waals surface area contributed by atoms with Gasteiger partial charge in [-0.05, 0) is 111 Å². The van der Waals surface area contributed by atoms with Crippen molar-refractivity contribution in [1.82, 2.24) is 4.57 Å². The van der Waals surface area contributed by atoms with E-state index in [1.165, 1.54) is 22.5 Å². The van der Waals surface area contributed by atoms with E-state index in [4.69, 9.17) is 4.99 Å². The monoisotopic (exact) mass is 766 g/mol. The molecule has 0 bridgehead atoms. The van der Waals surface area contributed by atoms with Gasteiger partial charge in [-0.25, -0.2) is 4.99 Å². The number of aromatic nitrogens is 1. The van der Waals surface area contributed by atoms with Gasteiger partial charge in [-0.15, -0.1) is 0 Å². The van der Waals surface area contributed by atoms with Gasteiger partial charge in [0.2, 0.25) is 0 Å². The van der Waals surface area contributed by atoms with E-state index in [9.17, 15) is 9.90 Å². The molecule has 3 aromatic carbocycles. The van der Waals surface area contributed by atoms with Crippen LogP contribution in [0, 0.1) is 7.14 Å². The number of benzene rings is 3. The highest BCUT2D eigenvalue weighted by atomic mass is 127. The standard InChI is InChI=1S/C27H17BrI2N2O2S/c28-17-8-5-16(6-9-17)24-19-10-7-15-3-1-2-4-18(15)23(19)31-27-32(24)26(34)22(35-27)13-14-11-20(29)25(33)21(30)12-14/h1-6,8-9,11-13,24,33H,7,10H2/b22-13+/t24-/m1/s1. The molecule has 1 aliphatic heterocycles. The predicted molar refractivity (Wildman–Crippen MR) is 160 cm³/mol. The molecule has 6 rings (SSSR count). The number of fused-ring (bicyclic) bond motifs is 3. The van der Waals surface area contributed by atoms with Crippen molar-refractivity contribution in [2.24, 2.45) is 4.99 Å². The number of phenolic OH excluding ortho intramolecular Hbond substituents is 1. The number of hydrogen-bond acceptors (Lipinski definition) is 4. The third-order valence-electron chi connectivity index (χ3n) is 6.40. The summed E-state index contributed by atoms with van der Waals surface area (Å²) in [5.41, 5.74) is 6.59. The first-order valence-electron chi connectivity index (χ1n) is 11.0. The lowest BCUT2D eigenvalue weighted by atomic mass is 9.83. The van der Waals surface area contributed by atoms with Crippen LogP contribution in [-0.2, 0) is 6.42 Å². The molecular weight excluding hydrogens is 750 g/mol. The van der Waals surface area contributed by atoms with E-state index in [-0.39, 0.29) is 17.4 Å². The number of aromatic hydroxyl groups is 1. The van der Waals surface area contributed by atoms with Crippen LogP contribution in [0.15, 0.2) is 80.5 Å². The van der Waals surface area contributed by atoms with E-state index < -0.39 is 0 Å². The first-order chi connectivity index (χ1) is 16.9. The second kappa shape index (κ2) is 9.28. The summed E-state index contributed by atoms with van der Waals surface area (Å²) in [7, 11) is 0. The van der Waals surface area contributed by atoms with Crippen molar-refractivity contribution < 1.29 is 5.11 Å². The number of rotatable bonds is 2. The maximum absolute atomic E-state index is 13.8. The van der Waals surface area contributed by atoms with Crippen LogP contribution in [0.5, 0.6) is 5.75 Å². The van der Waals surface area contributed by atoms with Crippen molar-refractivity contribution in [3.05, 3.63) is 120 Å². The minimum absolute atomic E-state index is 0.0369. The van der Waals surface area contributed by atoms with E-state index in [0.717, 1.165) is 46.8 Å². The van der Waals surface area contributed by atoms with Gasteiger partial charge in [-0.2, -0.15) is 0 Å². The van der Waals surface area contributed by atoms with Gasteiger partial charge in [0.1, 0.15) is 5.75 Å². The highest BCUT2D eigenvalue weighted by molar-refractivity contribution is 14.1. The van der Waals surface area contributed by atoms with E-state index in [1.54, 1.807) is 0 Å². The zero-order chi connectivity index (χ0) is 24.3. The zero-order valence-corrected chi connectivity index (χ0v) is 24.9. The third kappa shape index (κ3) is 4.15. The van der Waals surface area contributed by atoms with Gasteiger partial charge in [0.15, 0.2) is 4.80 Å². The molecule has 35 heavy (non-hydrogen) atoms. The molecule has 2 aliphatic rings. The fourth-order valence-electron chi connectivity index (χ4n) is 4.79. The highest BCUT2D eigenvalue weighted by Gasteiger charge is 2.32. The molecular formula is C27H17BrI2N2O2S. The van der Waals surface area contributed by atoms with Crippen LogP contribution in [-0.4, -0.2) is 9.67 Å². The molecule has 0 amide bonds. The summed E-state index contributed by atoms with van der Waals surface area (Å²) >= 11 is 9.20. The number of halogens is 3. The van der Waals surface area contributed by atoms with Crippen LogP contribution in [0.4, 0.5) is 0 Å². The number of allylic oxidation sites excluding steroid dienone is 1. The molecule has 4 aromatic rings. The summed E-state index contributed by atoms with van der Waals surface area (Å²) in [4.78, 5) is 19.6. The Bertz CT molecular complexity index is 1700. The Morgan fingerprint density at radius 1 is 1.06 bits per heavy atom. The van der Waals surface area contributed by atoms with Gasteiger partial charge in [0.05, 0.1) is 23.4 Å². The van der Waals surface area contributed by atoms with Crippen molar-refractivity contribution in [1.29, 1.82) is 0 Å². The van der Waals surface area contributed by atoms with E-state index in [2.05, 4.69) is 97.5 Å². The van der Waals surface area contributed by atoms with Crippen LogP contribution in [0.2, 0.25) is 0 Å². The second-order valence-electron chi connectivity index (χ2n) is 8.50. The fourth-order valence-corrected chi connectivity index (χ4v) is 7.87. The van der Waals surface area contributed by atoms with Gasteiger partial charge < -0.3 is 5.11 Å². The number of thiazole rings is 1. The van der Waals surface area contributed by atoms with Gasteiger partial charge in [-0.3, -0.25) is 9.36 Å². The number of phenols is 1. The van der Waals surface area contributed by atoms with Crippen LogP contribution in [0.3, 0.4) is 0 Å². The molecule has 0 saturated heterocycles. The van der Waals surface area contributed by atoms with E-state index in [1.807, 2.05) is 34.9 Å². The number of aryl methyl sites for hydroxylation is 1. The smallest absolute Gasteiger partial charge is 0.271 e. The summed E-state index contributed by atoms with van der Waals surface area (Å²) in [5, 5.41) is 10.1. The Kier molecular flexibility index (Phi) is 6.26. The molecule has 8 heteroatoms. The van der Waals surface area contributed by atoms with Crippen LogP contribution in [0.25, 0.3) is 11.8 Å². The molecule has 4 nitrogen and oxygen atoms in total. The lowest BCUT2D eigenvalue weighted by molar-refractivity contribution is 0.467. The van der Waals surface area contributed by atoms with Gasteiger partial charge in [0.25, 0.3) is 5.56 Å². The molecule has 0 spiro atoms. The van der Waals surface area contributed by atoms with Crippen LogP contribution in [0.1, 0.15) is 34.7 Å². The minimum Gasteiger partial charge on any atom is -0.506 e. The van der Waals surface area contributed by atoms with Crippen molar-refractivity contribution in [2.45, 2.75) is 18.9 Å². The highest BCUT2D eigenvalue weighted by Crippen LogP contribution is 2.41. The summed E-state index contributed by atoms with van der Waals surface area (Å²) in [6.45, 7) is 0. The number of hydrogen-bond donors (Lipinski definition) is 1. The predicted octanol–water partition coefficient (Wildman–Crippen LogP) is 6.00. The molecule has 1 aliphatic carbocycles. The zero-order valence-electron chi connectivity index (χ0n) is 18.1. The van der Waals surface area contributed by atoms with Crippen LogP contribution < -0.4 is 14.9 Å². The lowest BCUT2D eigenvalue weighted by Gasteiger charge is -2.30. The fraction of sp³-hybridized carbons (Fsp3) is 0.111. The summed E-state index contributed by atoms with van der Waals surface area (Å²) in [5.74, 6) is 0.270. The van der Waals surface area contributed by atoms with Gasteiger partial charge in [-0.1, -0.05) is 63.7 Å². The molecule has 1 aromatic heterocycles. The normalized spacial score (nSPS) is 17.0. The van der Waals surface area contributed by atoms with Gasteiger partial charge in [0, 0.05) is 10.0 Å². The molecule has 0 fully saturated rings. The van der Waals surface area contributed by atoms with E-state index in [0.29, 0.717) is 9.33 Å². The molecule has 0 radical (unpaired) electrons. The Balaban J connectivity index is 1.62.